The van der Waals surface area contributed by atoms with E-state index in [0.717, 1.165) is 18.5 Å². The van der Waals surface area contributed by atoms with Crippen molar-refractivity contribution in [2.45, 2.75) is 31.3 Å². The first-order valence-corrected chi connectivity index (χ1v) is 8.50. The molecule has 2 heterocycles. The summed E-state index contributed by atoms with van der Waals surface area (Å²) in [7, 11) is 0. The zero-order chi connectivity index (χ0) is 17.4. The molecule has 3 unspecified atom stereocenters. The first-order valence-electron chi connectivity index (χ1n) is 8.50. The Balaban J connectivity index is 1.55. The highest BCUT2D eigenvalue weighted by Crippen LogP contribution is 2.36. The molecular formula is C19H19N3O3. The van der Waals surface area contributed by atoms with Gasteiger partial charge in [-0.2, -0.15) is 0 Å². The van der Waals surface area contributed by atoms with Gasteiger partial charge in [0.15, 0.2) is 0 Å². The maximum atomic E-state index is 12.5. The van der Waals surface area contributed by atoms with Gasteiger partial charge >= 0.3 is 11.8 Å². The second-order valence-corrected chi connectivity index (χ2v) is 6.58. The Morgan fingerprint density at radius 2 is 2.00 bits per heavy atom. The summed E-state index contributed by atoms with van der Waals surface area (Å²) in [6, 6.07) is 8.61. The van der Waals surface area contributed by atoms with Gasteiger partial charge in [0.2, 0.25) is 5.91 Å². The van der Waals surface area contributed by atoms with Crippen molar-refractivity contribution in [3.63, 3.8) is 0 Å². The van der Waals surface area contributed by atoms with E-state index in [9.17, 15) is 14.4 Å². The van der Waals surface area contributed by atoms with Crippen molar-refractivity contribution in [1.82, 2.24) is 10.2 Å². The van der Waals surface area contributed by atoms with Crippen LogP contribution in [0.3, 0.4) is 0 Å². The van der Waals surface area contributed by atoms with Gasteiger partial charge in [0.25, 0.3) is 0 Å². The molecule has 1 saturated heterocycles. The van der Waals surface area contributed by atoms with Crippen LogP contribution in [0, 0.1) is 5.92 Å². The number of nitrogens with one attached hydrogen (secondary N) is 2. The van der Waals surface area contributed by atoms with E-state index < -0.39 is 17.9 Å². The summed E-state index contributed by atoms with van der Waals surface area (Å²) in [4.78, 5) is 38.4. The van der Waals surface area contributed by atoms with Crippen molar-refractivity contribution >= 4 is 23.4 Å². The fourth-order valence-electron chi connectivity index (χ4n) is 3.86. The number of anilines is 1. The molecule has 128 valence electrons. The van der Waals surface area contributed by atoms with Crippen LogP contribution in [0.15, 0.2) is 54.3 Å². The predicted molar refractivity (Wildman–Crippen MR) is 92.2 cm³/mol. The number of rotatable bonds is 3. The molecular weight excluding hydrogens is 318 g/mol. The van der Waals surface area contributed by atoms with Gasteiger partial charge < -0.3 is 15.5 Å². The number of amides is 3. The number of allylic oxidation sites excluding steroid dienone is 1. The standard InChI is InChI=1S/C19H19N3O3/c23-16(20-13-6-2-1-3-7-13)11-14-10-9-12-5-4-8-15-17(12)22(14)19(25)18(24)21-15/h1-3,6-10,12,14,17H,4-5,11H2,(H,20,23)(H,21,24). The first-order chi connectivity index (χ1) is 12.1. The Hall–Kier alpha value is -2.89. The number of hydrogen-bond donors (Lipinski definition) is 2. The number of carbonyl (C=O) groups excluding carboxylic acids is 3. The van der Waals surface area contributed by atoms with Crippen LogP contribution in [-0.4, -0.2) is 34.7 Å². The summed E-state index contributed by atoms with van der Waals surface area (Å²) in [5, 5.41) is 5.54. The largest absolute Gasteiger partial charge is 0.326 e. The molecule has 1 aliphatic carbocycles. The van der Waals surface area contributed by atoms with Gasteiger partial charge in [0.05, 0.1) is 18.5 Å². The number of benzene rings is 1. The molecule has 3 aliphatic rings. The second kappa shape index (κ2) is 6.20. The highest BCUT2D eigenvalue weighted by atomic mass is 16.2. The molecule has 1 aromatic carbocycles. The number of nitrogens with zero attached hydrogens (tertiary/aromatic N) is 1. The lowest BCUT2D eigenvalue weighted by molar-refractivity contribution is -0.152. The minimum atomic E-state index is -0.619. The van der Waals surface area contributed by atoms with Crippen molar-refractivity contribution in [2.75, 3.05) is 5.32 Å². The van der Waals surface area contributed by atoms with Crippen LogP contribution >= 0.6 is 0 Å². The maximum Gasteiger partial charge on any atom is 0.313 e. The number of hydrogen-bond acceptors (Lipinski definition) is 3. The number of piperazine rings is 1. The summed E-state index contributed by atoms with van der Waals surface area (Å²) in [6.07, 6.45) is 7.90. The second-order valence-electron chi connectivity index (χ2n) is 6.58. The van der Waals surface area contributed by atoms with Gasteiger partial charge in [-0.25, -0.2) is 0 Å². The Morgan fingerprint density at radius 1 is 1.20 bits per heavy atom. The van der Waals surface area contributed by atoms with Crippen LogP contribution in [0.25, 0.3) is 0 Å². The van der Waals surface area contributed by atoms with E-state index in [2.05, 4.69) is 16.7 Å². The predicted octanol–water partition coefficient (Wildman–Crippen LogP) is 1.57. The Morgan fingerprint density at radius 3 is 2.80 bits per heavy atom. The molecule has 3 amide bonds. The monoisotopic (exact) mass is 337 g/mol. The molecule has 3 atom stereocenters. The van der Waals surface area contributed by atoms with Crippen LogP contribution in [0.2, 0.25) is 0 Å². The van der Waals surface area contributed by atoms with Gasteiger partial charge in [0.1, 0.15) is 0 Å². The van der Waals surface area contributed by atoms with Gasteiger partial charge in [0, 0.05) is 17.3 Å². The van der Waals surface area contributed by atoms with Crippen LogP contribution in [-0.2, 0) is 14.4 Å². The van der Waals surface area contributed by atoms with Gasteiger partial charge in [-0.15, -0.1) is 0 Å². The van der Waals surface area contributed by atoms with E-state index in [1.807, 2.05) is 42.5 Å². The Labute approximate surface area is 145 Å². The third-order valence-electron chi connectivity index (χ3n) is 4.96. The van der Waals surface area contributed by atoms with Crippen LogP contribution in [0.5, 0.6) is 0 Å². The average molecular weight is 337 g/mol. The van der Waals surface area contributed by atoms with Gasteiger partial charge in [-0.05, 0) is 25.0 Å². The Bertz CT molecular complexity index is 784. The molecule has 1 fully saturated rings. The van der Waals surface area contributed by atoms with Crippen molar-refractivity contribution in [3.05, 3.63) is 54.3 Å². The minimum absolute atomic E-state index is 0.126. The molecule has 6 heteroatoms. The van der Waals surface area contributed by atoms with E-state index in [-0.39, 0.29) is 24.3 Å². The highest BCUT2D eigenvalue weighted by molar-refractivity contribution is 6.36. The topological polar surface area (TPSA) is 78.5 Å². The van der Waals surface area contributed by atoms with Crippen molar-refractivity contribution < 1.29 is 14.4 Å². The molecule has 25 heavy (non-hydrogen) atoms. The smallest absolute Gasteiger partial charge is 0.313 e. The summed E-state index contributed by atoms with van der Waals surface area (Å²) in [5.41, 5.74) is 1.50. The molecule has 2 aliphatic heterocycles. The lowest BCUT2D eigenvalue weighted by Gasteiger charge is -2.48. The number of para-hydroxylation sites is 1. The van der Waals surface area contributed by atoms with Crippen molar-refractivity contribution in [2.24, 2.45) is 5.92 Å². The van der Waals surface area contributed by atoms with Gasteiger partial charge in [-0.3, -0.25) is 14.4 Å². The Kier molecular flexibility index (Phi) is 3.87. The molecule has 1 aromatic rings. The fourth-order valence-corrected chi connectivity index (χ4v) is 3.86. The van der Waals surface area contributed by atoms with Crippen molar-refractivity contribution in [1.29, 1.82) is 0 Å². The fraction of sp³-hybridized carbons (Fsp3) is 0.316. The summed E-state index contributed by atoms with van der Waals surface area (Å²) < 4.78 is 0. The first kappa shape index (κ1) is 15.6. The SMILES string of the molecule is O=C(CC1C=CC2CCC=C3NC(=O)C(=O)N1C32)Nc1ccccc1. The van der Waals surface area contributed by atoms with Gasteiger partial charge in [-0.1, -0.05) is 36.4 Å². The zero-order valence-corrected chi connectivity index (χ0v) is 13.6. The van der Waals surface area contributed by atoms with E-state index in [1.54, 1.807) is 4.90 Å². The van der Waals surface area contributed by atoms with E-state index in [1.165, 1.54) is 0 Å². The molecule has 6 nitrogen and oxygen atoms in total. The molecule has 0 aromatic heterocycles. The minimum Gasteiger partial charge on any atom is -0.326 e. The third-order valence-corrected chi connectivity index (χ3v) is 4.96. The van der Waals surface area contributed by atoms with E-state index >= 15 is 0 Å². The normalized spacial score (nSPS) is 27.3. The van der Waals surface area contributed by atoms with Crippen LogP contribution in [0.1, 0.15) is 19.3 Å². The van der Waals surface area contributed by atoms with Crippen LogP contribution < -0.4 is 10.6 Å². The molecule has 0 radical (unpaired) electrons. The lowest BCUT2D eigenvalue weighted by Crippen LogP contribution is -2.63. The highest BCUT2D eigenvalue weighted by Gasteiger charge is 2.46. The van der Waals surface area contributed by atoms with Crippen LogP contribution in [0.4, 0.5) is 5.69 Å². The quantitative estimate of drug-likeness (QED) is 0.649. The molecule has 0 spiro atoms. The zero-order valence-electron chi connectivity index (χ0n) is 13.6. The summed E-state index contributed by atoms with van der Waals surface area (Å²) in [6.45, 7) is 0. The van der Waals surface area contributed by atoms with E-state index in [0.29, 0.717) is 5.69 Å². The third kappa shape index (κ3) is 2.84. The lowest BCUT2D eigenvalue weighted by atomic mass is 9.80. The summed E-state index contributed by atoms with van der Waals surface area (Å²) >= 11 is 0. The average Bonchev–Trinajstić information content (AvgIpc) is 2.61. The van der Waals surface area contributed by atoms with Crippen molar-refractivity contribution in [3.8, 4) is 0 Å². The summed E-state index contributed by atoms with van der Waals surface area (Å²) in [5.74, 6) is -1.17. The molecule has 0 bridgehead atoms. The molecule has 4 rings (SSSR count). The van der Waals surface area contributed by atoms with E-state index in [4.69, 9.17) is 0 Å². The maximum absolute atomic E-state index is 12.5. The molecule has 0 saturated carbocycles. The number of carbonyl (C=O) groups is 3. The molecule has 2 N–H and O–H groups in total.